The van der Waals surface area contributed by atoms with E-state index in [0.717, 1.165) is 9.37 Å². The molecule has 0 aliphatic carbocycles. The van der Waals surface area contributed by atoms with Gasteiger partial charge in [-0.1, -0.05) is 15.9 Å². The van der Waals surface area contributed by atoms with Crippen molar-refractivity contribution in [1.29, 1.82) is 0 Å². The number of fused-ring (bicyclic) bond motifs is 1. The van der Waals surface area contributed by atoms with Crippen molar-refractivity contribution in [2.75, 3.05) is 6.54 Å². The van der Waals surface area contributed by atoms with Gasteiger partial charge in [-0.2, -0.15) is 13.2 Å². The third kappa shape index (κ3) is 3.41. The Bertz CT molecular complexity index is 629. The third-order valence-electron chi connectivity index (χ3n) is 2.70. The molecule has 0 unspecified atom stereocenters. The molecule has 112 valence electrons. The lowest BCUT2D eigenvalue weighted by molar-refractivity contribution is -0.202. The van der Waals surface area contributed by atoms with E-state index in [4.69, 9.17) is 0 Å². The molecular weight excluding hydrogens is 359 g/mol. The molecule has 0 radical (unpaired) electrons. The molecule has 0 N–H and O–H groups in total. The van der Waals surface area contributed by atoms with Gasteiger partial charge in [0.15, 0.2) is 0 Å². The third-order valence-corrected chi connectivity index (χ3v) is 3.20. The maximum atomic E-state index is 11.9. The van der Waals surface area contributed by atoms with E-state index in [-0.39, 0.29) is 6.54 Å². The largest absolute Gasteiger partial charge is 0.491 e. The lowest BCUT2D eigenvalue weighted by atomic mass is 10.1. The smallest absolute Gasteiger partial charge is 0.385 e. The zero-order chi connectivity index (χ0) is 15.8. The summed E-state index contributed by atoms with van der Waals surface area (Å²) in [7, 11) is 0. The zero-order valence-electron chi connectivity index (χ0n) is 10.2. The van der Waals surface area contributed by atoms with E-state index in [2.05, 4.69) is 20.7 Å². The van der Waals surface area contributed by atoms with Crippen molar-refractivity contribution in [2.24, 2.45) is 0 Å². The van der Waals surface area contributed by atoms with Crippen molar-refractivity contribution in [2.45, 2.75) is 12.7 Å². The molecule has 1 aromatic carbocycles. The second-order valence-electron chi connectivity index (χ2n) is 4.22. The first-order chi connectivity index (χ1) is 9.68. The van der Waals surface area contributed by atoms with Crippen LogP contribution in [0.15, 0.2) is 22.7 Å². The lowest BCUT2D eigenvalue weighted by Crippen LogP contribution is -2.35. The first-order valence-corrected chi connectivity index (χ1v) is 6.37. The molecule has 0 fully saturated rings. The number of carbonyl (C=O) groups excluding carboxylic acids is 3. The predicted molar refractivity (Wildman–Crippen MR) is 66.0 cm³/mol. The normalized spacial score (nSPS) is 14.1. The molecule has 1 aliphatic rings. The number of alkyl halides is 3. The molecule has 21 heavy (non-hydrogen) atoms. The molecule has 0 aromatic heterocycles. The standard InChI is InChI=1S/C12H7BrF3NO4/c13-7-1-2-8-6(3-7)4-17(10(8)19)5-9(18)21-11(20)12(14,15)16/h1-3H,4-5H2. The average Bonchev–Trinajstić information content (AvgIpc) is 2.64. The molecule has 1 aromatic rings. The van der Waals surface area contributed by atoms with E-state index < -0.39 is 30.6 Å². The minimum absolute atomic E-state index is 0.0584. The second-order valence-corrected chi connectivity index (χ2v) is 5.14. The van der Waals surface area contributed by atoms with Gasteiger partial charge in [0, 0.05) is 16.6 Å². The molecule has 1 heterocycles. The van der Waals surface area contributed by atoms with Crippen molar-refractivity contribution in [3.63, 3.8) is 0 Å². The summed E-state index contributed by atoms with van der Waals surface area (Å²) in [6, 6.07) is 4.83. The highest BCUT2D eigenvalue weighted by atomic mass is 79.9. The molecule has 0 saturated heterocycles. The summed E-state index contributed by atoms with van der Waals surface area (Å²) >= 11 is 3.22. The van der Waals surface area contributed by atoms with Gasteiger partial charge in [-0.3, -0.25) is 4.79 Å². The van der Waals surface area contributed by atoms with Crippen molar-refractivity contribution in [3.8, 4) is 0 Å². The number of benzene rings is 1. The second kappa shape index (κ2) is 5.47. The quantitative estimate of drug-likeness (QED) is 0.594. The fourth-order valence-electron chi connectivity index (χ4n) is 1.83. The first kappa shape index (κ1) is 15.5. The number of rotatable bonds is 2. The Labute approximate surface area is 124 Å². The Kier molecular flexibility index (Phi) is 4.04. The van der Waals surface area contributed by atoms with Crippen molar-refractivity contribution >= 4 is 33.8 Å². The summed E-state index contributed by atoms with van der Waals surface area (Å²) in [5, 5.41) is 0. The molecule has 0 bridgehead atoms. The van der Waals surface area contributed by atoms with Crippen LogP contribution in [-0.4, -0.2) is 35.5 Å². The minimum atomic E-state index is -5.25. The summed E-state index contributed by atoms with van der Waals surface area (Å²) in [6.45, 7) is -0.671. The van der Waals surface area contributed by atoms with Crippen molar-refractivity contribution in [1.82, 2.24) is 4.90 Å². The fourth-order valence-corrected chi connectivity index (χ4v) is 2.24. The predicted octanol–water partition coefficient (Wildman–Crippen LogP) is 2.04. The average molecular weight is 366 g/mol. The van der Waals surface area contributed by atoms with E-state index in [1.165, 1.54) is 6.07 Å². The number of halogens is 4. The highest BCUT2D eigenvalue weighted by Crippen LogP contribution is 2.26. The monoisotopic (exact) mass is 365 g/mol. The van der Waals surface area contributed by atoms with E-state index >= 15 is 0 Å². The Morgan fingerprint density at radius 3 is 2.62 bits per heavy atom. The van der Waals surface area contributed by atoms with E-state index in [0.29, 0.717) is 11.1 Å². The van der Waals surface area contributed by atoms with Gasteiger partial charge in [0.1, 0.15) is 6.54 Å². The van der Waals surface area contributed by atoms with Gasteiger partial charge in [0.25, 0.3) is 5.91 Å². The van der Waals surface area contributed by atoms with Crippen LogP contribution in [0.1, 0.15) is 15.9 Å². The SMILES string of the molecule is O=C(CN1Cc2cc(Br)ccc2C1=O)OC(=O)C(F)(F)F. The number of nitrogens with zero attached hydrogens (tertiary/aromatic N) is 1. The van der Waals surface area contributed by atoms with Crippen LogP contribution in [0.2, 0.25) is 0 Å². The summed E-state index contributed by atoms with van der Waals surface area (Å²) < 4.78 is 40.2. The van der Waals surface area contributed by atoms with Gasteiger partial charge >= 0.3 is 18.1 Å². The van der Waals surface area contributed by atoms with Gasteiger partial charge in [-0.05, 0) is 23.8 Å². The summed E-state index contributed by atoms with van der Waals surface area (Å²) in [6.07, 6.45) is -5.25. The highest BCUT2D eigenvalue weighted by molar-refractivity contribution is 9.10. The topological polar surface area (TPSA) is 63.7 Å². The summed E-state index contributed by atoms with van der Waals surface area (Å²) in [5.41, 5.74) is 0.984. The van der Waals surface area contributed by atoms with E-state index in [9.17, 15) is 27.6 Å². The highest BCUT2D eigenvalue weighted by Gasteiger charge is 2.43. The molecule has 1 aliphatic heterocycles. The van der Waals surface area contributed by atoms with Crippen LogP contribution in [0.5, 0.6) is 0 Å². The van der Waals surface area contributed by atoms with Gasteiger partial charge in [0.05, 0.1) is 0 Å². The van der Waals surface area contributed by atoms with Crippen LogP contribution < -0.4 is 0 Å². The Hall–Kier alpha value is -1.90. The molecule has 0 atom stereocenters. The molecule has 5 nitrogen and oxygen atoms in total. The summed E-state index contributed by atoms with van der Waals surface area (Å²) in [5.74, 6) is -4.54. The van der Waals surface area contributed by atoms with Crippen LogP contribution in [0.25, 0.3) is 0 Å². The molecule has 9 heteroatoms. The number of hydrogen-bond donors (Lipinski definition) is 0. The number of ether oxygens (including phenoxy) is 1. The van der Waals surface area contributed by atoms with E-state index in [1.807, 2.05) is 0 Å². The van der Waals surface area contributed by atoms with Crippen LogP contribution in [0.3, 0.4) is 0 Å². The number of amides is 1. The Morgan fingerprint density at radius 2 is 2.00 bits per heavy atom. The minimum Gasteiger partial charge on any atom is -0.385 e. The molecular formula is C12H7BrF3NO4. The van der Waals surface area contributed by atoms with Gasteiger partial charge in [0.2, 0.25) is 0 Å². The number of carbonyl (C=O) groups is 3. The summed E-state index contributed by atoms with van der Waals surface area (Å²) in [4.78, 5) is 34.7. The zero-order valence-corrected chi connectivity index (χ0v) is 11.8. The molecule has 0 saturated carbocycles. The van der Waals surface area contributed by atoms with Crippen molar-refractivity contribution < 1.29 is 32.3 Å². The van der Waals surface area contributed by atoms with Gasteiger partial charge in [-0.25, -0.2) is 9.59 Å². The van der Waals surface area contributed by atoms with Crippen LogP contribution in [0.4, 0.5) is 13.2 Å². The number of hydrogen-bond acceptors (Lipinski definition) is 4. The van der Waals surface area contributed by atoms with Crippen LogP contribution in [0, 0.1) is 0 Å². The maximum Gasteiger partial charge on any atom is 0.491 e. The van der Waals surface area contributed by atoms with Crippen molar-refractivity contribution in [3.05, 3.63) is 33.8 Å². The Balaban J connectivity index is 2.01. The van der Waals surface area contributed by atoms with Crippen LogP contribution >= 0.6 is 15.9 Å². The maximum absolute atomic E-state index is 11.9. The molecule has 2 rings (SSSR count). The Morgan fingerprint density at radius 1 is 1.33 bits per heavy atom. The molecule has 0 spiro atoms. The first-order valence-electron chi connectivity index (χ1n) is 5.58. The molecule has 1 amide bonds. The van der Waals surface area contributed by atoms with Gasteiger partial charge in [-0.15, -0.1) is 0 Å². The van der Waals surface area contributed by atoms with Gasteiger partial charge < -0.3 is 9.64 Å². The fraction of sp³-hybridized carbons (Fsp3) is 0.250. The van der Waals surface area contributed by atoms with Crippen LogP contribution in [-0.2, 0) is 20.9 Å². The van der Waals surface area contributed by atoms with E-state index in [1.54, 1.807) is 12.1 Å². The number of esters is 2. The lowest BCUT2D eigenvalue weighted by Gasteiger charge is -2.14.